The molecule has 0 aliphatic rings. The van der Waals surface area contributed by atoms with Gasteiger partial charge in [-0.1, -0.05) is 41.9 Å². The molecule has 2 aromatic carbocycles. The lowest BCUT2D eigenvalue weighted by Crippen LogP contribution is -2.10. The van der Waals surface area contributed by atoms with Crippen LogP contribution in [0.15, 0.2) is 42.5 Å². The molecule has 0 atom stereocenters. The number of carbonyl (C=O) groups excluding carboxylic acids is 1. The number of hydrogen-bond donors (Lipinski definition) is 2. The highest BCUT2D eigenvalue weighted by Crippen LogP contribution is 2.34. The molecule has 0 aromatic heterocycles. The number of nitro groups is 1. The molecule has 2 rings (SSSR count). The predicted octanol–water partition coefficient (Wildman–Crippen LogP) is 3.86. The molecular weight excluding hydrogens is 318 g/mol. The van der Waals surface area contributed by atoms with Gasteiger partial charge in [0.1, 0.15) is 5.69 Å². The van der Waals surface area contributed by atoms with Crippen molar-refractivity contribution in [2.75, 3.05) is 17.2 Å². The van der Waals surface area contributed by atoms with E-state index in [0.29, 0.717) is 17.9 Å². The molecule has 2 N–H and O–H groups in total. The van der Waals surface area contributed by atoms with E-state index in [2.05, 4.69) is 10.6 Å². The van der Waals surface area contributed by atoms with E-state index in [9.17, 15) is 14.9 Å². The van der Waals surface area contributed by atoms with Crippen molar-refractivity contribution in [3.8, 4) is 0 Å². The molecule has 0 heterocycles. The fourth-order valence-corrected chi connectivity index (χ4v) is 2.33. The fourth-order valence-electron chi connectivity index (χ4n) is 2.13. The highest BCUT2D eigenvalue weighted by atomic mass is 35.5. The Morgan fingerprint density at radius 3 is 2.52 bits per heavy atom. The Morgan fingerprint density at radius 1 is 1.22 bits per heavy atom. The van der Waals surface area contributed by atoms with Gasteiger partial charge in [0.2, 0.25) is 5.91 Å². The quantitative estimate of drug-likeness (QED) is 0.621. The molecule has 0 fully saturated rings. The fraction of sp³-hybridized carbons (Fsp3) is 0.188. The number of benzene rings is 2. The number of carbonyl (C=O) groups is 1. The summed E-state index contributed by atoms with van der Waals surface area (Å²) >= 11 is 5.97. The molecular formula is C16H16ClN3O3. The van der Waals surface area contributed by atoms with Gasteiger partial charge in [0, 0.05) is 19.5 Å². The van der Waals surface area contributed by atoms with Crippen LogP contribution >= 0.6 is 11.6 Å². The van der Waals surface area contributed by atoms with Crippen LogP contribution in [0.4, 0.5) is 17.1 Å². The van der Waals surface area contributed by atoms with Gasteiger partial charge in [-0.25, -0.2) is 0 Å². The van der Waals surface area contributed by atoms with E-state index in [1.807, 2.05) is 30.3 Å². The van der Waals surface area contributed by atoms with Crippen molar-refractivity contribution < 1.29 is 9.72 Å². The zero-order chi connectivity index (χ0) is 16.8. The summed E-state index contributed by atoms with van der Waals surface area (Å²) in [5.41, 5.74) is 1.65. The molecule has 23 heavy (non-hydrogen) atoms. The Bertz CT molecular complexity index is 720. The molecule has 0 aliphatic carbocycles. The molecule has 0 radical (unpaired) electrons. The number of hydrogen-bond acceptors (Lipinski definition) is 4. The number of nitrogens with zero attached hydrogens (tertiary/aromatic N) is 1. The van der Waals surface area contributed by atoms with Crippen LogP contribution in [-0.2, 0) is 11.2 Å². The van der Waals surface area contributed by atoms with E-state index in [0.717, 1.165) is 12.0 Å². The Labute approximate surface area is 138 Å². The molecule has 0 saturated carbocycles. The Kier molecular flexibility index (Phi) is 5.54. The lowest BCUT2D eigenvalue weighted by atomic mass is 10.1. The van der Waals surface area contributed by atoms with Crippen LogP contribution in [-0.4, -0.2) is 17.4 Å². The average Bonchev–Trinajstić information content (AvgIpc) is 2.50. The second kappa shape index (κ2) is 7.60. The van der Waals surface area contributed by atoms with Crippen LogP contribution in [0, 0.1) is 10.1 Å². The molecule has 0 aliphatic heterocycles. The lowest BCUT2D eigenvalue weighted by Gasteiger charge is -2.11. The van der Waals surface area contributed by atoms with Gasteiger partial charge >= 0.3 is 0 Å². The third-order valence-corrected chi connectivity index (χ3v) is 3.48. The summed E-state index contributed by atoms with van der Waals surface area (Å²) in [6.45, 7) is 1.87. The zero-order valence-corrected chi connectivity index (χ0v) is 13.3. The van der Waals surface area contributed by atoms with Crippen molar-refractivity contribution in [1.82, 2.24) is 0 Å². The van der Waals surface area contributed by atoms with Crippen molar-refractivity contribution in [3.63, 3.8) is 0 Å². The Balaban J connectivity index is 2.17. The minimum Gasteiger partial charge on any atom is -0.379 e. The number of nitro benzene ring substituents is 1. The number of nitrogens with one attached hydrogen (secondary N) is 2. The van der Waals surface area contributed by atoms with Crippen molar-refractivity contribution in [2.24, 2.45) is 0 Å². The maximum Gasteiger partial charge on any atom is 0.293 e. The largest absolute Gasteiger partial charge is 0.379 e. The molecule has 0 saturated heterocycles. The van der Waals surface area contributed by atoms with E-state index < -0.39 is 4.92 Å². The van der Waals surface area contributed by atoms with E-state index in [1.165, 1.54) is 19.1 Å². The van der Waals surface area contributed by atoms with Crippen molar-refractivity contribution in [1.29, 1.82) is 0 Å². The summed E-state index contributed by atoms with van der Waals surface area (Å²) in [5.74, 6) is -0.295. The van der Waals surface area contributed by atoms with Crippen molar-refractivity contribution in [3.05, 3.63) is 63.2 Å². The van der Waals surface area contributed by atoms with Gasteiger partial charge in [-0.15, -0.1) is 0 Å². The van der Waals surface area contributed by atoms with Crippen molar-refractivity contribution in [2.45, 2.75) is 13.3 Å². The number of amides is 1. The molecule has 0 spiro atoms. The Morgan fingerprint density at radius 2 is 1.91 bits per heavy atom. The Hall–Kier alpha value is -2.60. The second-order valence-electron chi connectivity index (χ2n) is 4.95. The maximum atomic E-state index is 11.2. The third-order valence-electron chi connectivity index (χ3n) is 3.16. The van der Waals surface area contributed by atoms with Gasteiger partial charge in [-0.05, 0) is 18.1 Å². The first-order valence-electron chi connectivity index (χ1n) is 7.00. The topological polar surface area (TPSA) is 84.3 Å². The van der Waals surface area contributed by atoms with E-state index >= 15 is 0 Å². The highest BCUT2D eigenvalue weighted by molar-refractivity contribution is 6.34. The third kappa shape index (κ3) is 4.69. The summed E-state index contributed by atoms with van der Waals surface area (Å²) in [7, 11) is 0. The number of rotatable bonds is 6. The van der Waals surface area contributed by atoms with Crippen LogP contribution in [0.1, 0.15) is 12.5 Å². The molecule has 7 heteroatoms. The van der Waals surface area contributed by atoms with Gasteiger partial charge in [0.25, 0.3) is 5.69 Å². The van der Waals surface area contributed by atoms with Crippen LogP contribution in [0.3, 0.4) is 0 Å². The van der Waals surface area contributed by atoms with Gasteiger partial charge in [-0.3, -0.25) is 14.9 Å². The first kappa shape index (κ1) is 16.8. The highest BCUT2D eigenvalue weighted by Gasteiger charge is 2.17. The predicted molar refractivity (Wildman–Crippen MR) is 91.0 cm³/mol. The van der Waals surface area contributed by atoms with Crippen LogP contribution in [0.2, 0.25) is 5.02 Å². The minimum atomic E-state index is -0.506. The van der Waals surface area contributed by atoms with Crippen LogP contribution in [0.5, 0.6) is 0 Å². The molecule has 120 valence electrons. The van der Waals surface area contributed by atoms with E-state index in [1.54, 1.807) is 0 Å². The summed E-state index contributed by atoms with van der Waals surface area (Å²) < 4.78 is 0. The second-order valence-corrected chi connectivity index (χ2v) is 5.36. The summed E-state index contributed by atoms with van der Waals surface area (Å²) in [6.07, 6.45) is 0.718. The number of halogens is 1. The lowest BCUT2D eigenvalue weighted by molar-refractivity contribution is -0.383. The molecule has 6 nitrogen and oxygen atoms in total. The first-order chi connectivity index (χ1) is 11.0. The smallest absolute Gasteiger partial charge is 0.293 e. The van der Waals surface area contributed by atoms with Crippen LogP contribution in [0.25, 0.3) is 0 Å². The maximum absolute atomic E-state index is 11.2. The van der Waals surface area contributed by atoms with Gasteiger partial charge in [0.15, 0.2) is 0 Å². The standard InChI is InChI=1S/C16H16ClN3O3/c1-11(21)19-14-10-15(16(20(22)23)9-13(14)17)18-8-7-12-5-3-2-4-6-12/h2-6,9-10,18H,7-8H2,1H3,(H,19,21). The molecule has 2 aromatic rings. The molecule has 1 amide bonds. The summed E-state index contributed by atoms with van der Waals surface area (Å²) in [6, 6.07) is 12.5. The van der Waals surface area contributed by atoms with Crippen molar-refractivity contribution >= 4 is 34.6 Å². The number of anilines is 2. The normalized spacial score (nSPS) is 10.2. The zero-order valence-electron chi connectivity index (χ0n) is 12.5. The minimum absolute atomic E-state index is 0.125. The van der Waals surface area contributed by atoms with E-state index in [4.69, 9.17) is 11.6 Å². The average molecular weight is 334 g/mol. The first-order valence-corrected chi connectivity index (χ1v) is 7.38. The molecule has 0 bridgehead atoms. The van der Waals surface area contributed by atoms with Gasteiger partial charge in [-0.2, -0.15) is 0 Å². The van der Waals surface area contributed by atoms with Gasteiger partial charge in [0.05, 0.1) is 15.6 Å². The summed E-state index contributed by atoms with van der Waals surface area (Å²) in [4.78, 5) is 21.8. The SMILES string of the molecule is CC(=O)Nc1cc(NCCc2ccccc2)c([N+](=O)[O-])cc1Cl. The van der Waals surface area contributed by atoms with Crippen LogP contribution < -0.4 is 10.6 Å². The molecule has 0 unspecified atom stereocenters. The monoisotopic (exact) mass is 333 g/mol. The van der Waals surface area contributed by atoms with E-state index in [-0.39, 0.29) is 16.6 Å². The summed E-state index contributed by atoms with van der Waals surface area (Å²) in [5, 5.41) is 16.9. The van der Waals surface area contributed by atoms with Gasteiger partial charge < -0.3 is 10.6 Å².